The Kier molecular flexibility index (Phi) is 11.9. The summed E-state index contributed by atoms with van der Waals surface area (Å²) >= 11 is 19.2. The Bertz CT molecular complexity index is 4220. The molecule has 4 aromatic heterocycles. The van der Waals surface area contributed by atoms with Crippen LogP contribution in [0.2, 0.25) is 0 Å². The van der Waals surface area contributed by atoms with E-state index < -0.39 is 0 Å². The summed E-state index contributed by atoms with van der Waals surface area (Å²) in [6.45, 7) is 0. The third-order valence-electron chi connectivity index (χ3n) is 13.3. The van der Waals surface area contributed by atoms with Crippen molar-refractivity contribution in [1.82, 2.24) is 18.3 Å². The summed E-state index contributed by atoms with van der Waals surface area (Å²) < 4.78 is 18.0. The predicted molar refractivity (Wildman–Crippen MR) is 355 cm³/mol. The van der Waals surface area contributed by atoms with Gasteiger partial charge in [-0.1, -0.05) is 0 Å². The Morgan fingerprint density at radius 1 is 0.243 bits per heavy atom. The van der Waals surface area contributed by atoms with Crippen LogP contribution in [0.25, 0.3) is 110 Å². The number of nitriles is 2. The molecule has 0 atom stereocenters. The first kappa shape index (κ1) is 46.8. The van der Waals surface area contributed by atoms with E-state index >= 15 is 0 Å². The number of rotatable bonds is 4. The number of aromatic nitrogens is 4. The van der Waals surface area contributed by atoms with E-state index in [1.807, 2.05) is 0 Å². The maximum Gasteiger partial charge on any atom is 0.104 e. The van der Waals surface area contributed by atoms with Crippen molar-refractivity contribution in [2.75, 3.05) is 0 Å². The molecule has 0 unspecified atom stereocenters. The Morgan fingerprint density at radius 3 is 0.600 bits per heavy atom. The molecular weight excluding hydrogens is 1770 g/mol. The molecule has 0 saturated carbocycles. The normalized spacial score (nSPS) is 12.0. The molecule has 0 N–H and O–H groups in total. The molecule has 0 radical (unpaired) electrons. The summed E-state index contributed by atoms with van der Waals surface area (Å²) in [6, 6.07) is 58.3. The lowest BCUT2D eigenvalue weighted by Crippen LogP contribution is -2.17. The van der Waals surface area contributed by atoms with Crippen molar-refractivity contribution in [2.45, 2.75) is 0 Å². The van der Waals surface area contributed by atoms with E-state index in [0.29, 0.717) is 28.2 Å². The molecule has 0 bridgehead atoms. The van der Waals surface area contributed by atoms with Crippen LogP contribution in [-0.2, 0) is 0 Å². The van der Waals surface area contributed by atoms with E-state index in [1.165, 1.54) is 0 Å². The number of nitrogens with zero attached hydrogens (tertiary/aromatic N) is 6. The molecule has 4 heterocycles. The van der Waals surface area contributed by atoms with Gasteiger partial charge < -0.3 is 18.3 Å². The van der Waals surface area contributed by atoms with Gasteiger partial charge >= 0.3 is 0 Å². The Labute approximate surface area is 508 Å². The molecule has 334 valence electrons. The SMILES string of the molecule is N#Cc1c(-n2c3ccc(I)cc3c3cc(I)ccc32)c(C#N)c(-n2c3ccc(I)cc3c3cc(I)ccc32)c(-n2c3ccc(I)cc3c3cc(I)ccc32)c1-n1c2ccc(I)cc2c2cc(I)ccc21. The minimum Gasteiger partial charge on any atom is -0.306 e. The molecule has 13 aromatic rings. The average molecular weight is 1800 g/mol. The molecular formula is C56H24I8N6. The second kappa shape index (κ2) is 17.8. The molecule has 0 saturated heterocycles. The lowest BCUT2D eigenvalue weighted by atomic mass is 9.98. The van der Waals surface area contributed by atoms with Crippen LogP contribution in [0.4, 0.5) is 0 Å². The third-order valence-corrected chi connectivity index (χ3v) is 18.6. The van der Waals surface area contributed by atoms with Gasteiger partial charge in [0.15, 0.2) is 0 Å². The van der Waals surface area contributed by atoms with Crippen LogP contribution in [0.1, 0.15) is 11.1 Å². The highest BCUT2D eigenvalue weighted by Gasteiger charge is 2.35. The first-order valence-corrected chi connectivity index (χ1v) is 30.2. The summed E-state index contributed by atoms with van der Waals surface area (Å²) in [5.41, 5.74) is 11.0. The summed E-state index contributed by atoms with van der Waals surface area (Å²) in [5.74, 6) is 0. The van der Waals surface area contributed by atoms with E-state index in [1.54, 1.807) is 0 Å². The van der Waals surface area contributed by atoms with Crippen LogP contribution < -0.4 is 0 Å². The van der Waals surface area contributed by atoms with Gasteiger partial charge in [-0.05, 0) is 326 Å². The largest absolute Gasteiger partial charge is 0.306 e. The minimum atomic E-state index is 0.387. The van der Waals surface area contributed by atoms with Crippen LogP contribution in [0, 0.1) is 51.2 Å². The van der Waals surface area contributed by atoms with E-state index in [2.05, 4.69) is 357 Å². The molecule has 70 heavy (non-hydrogen) atoms. The summed E-state index contributed by atoms with van der Waals surface area (Å²) in [4.78, 5) is 0. The van der Waals surface area contributed by atoms with Gasteiger partial charge in [-0.25, -0.2) is 0 Å². The lowest BCUT2D eigenvalue weighted by Gasteiger charge is -2.27. The van der Waals surface area contributed by atoms with Crippen molar-refractivity contribution in [2.24, 2.45) is 0 Å². The highest BCUT2D eigenvalue weighted by Crippen LogP contribution is 2.49. The summed E-state index contributed by atoms with van der Waals surface area (Å²) in [5, 5.41) is 33.4. The van der Waals surface area contributed by atoms with Crippen LogP contribution in [0.15, 0.2) is 146 Å². The zero-order valence-electron chi connectivity index (χ0n) is 35.6. The highest BCUT2D eigenvalue weighted by molar-refractivity contribution is 14.1. The van der Waals surface area contributed by atoms with Crippen LogP contribution >= 0.6 is 181 Å². The van der Waals surface area contributed by atoms with E-state index in [0.717, 1.165) is 121 Å². The molecule has 0 spiro atoms. The Morgan fingerprint density at radius 2 is 0.414 bits per heavy atom. The summed E-state index contributed by atoms with van der Waals surface area (Å²) in [6.07, 6.45) is 0. The fraction of sp³-hybridized carbons (Fsp3) is 0. The van der Waals surface area contributed by atoms with Gasteiger partial charge in [0, 0.05) is 71.7 Å². The molecule has 0 aliphatic carbocycles. The van der Waals surface area contributed by atoms with E-state index in [9.17, 15) is 10.5 Å². The first-order valence-electron chi connectivity index (χ1n) is 21.5. The summed E-state index contributed by atoms with van der Waals surface area (Å²) in [7, 11) is 0. The molecule has 0 aliphatic heterocycles. The van der Waals surface area contributed by atoms with E-state index in [4.69, 9.17) is 0 Å². The van der Waals surface area contributed by atoms with Crippen molar-refractivity contribution < 1.29 is 0 Å². The number of fused-ring (bicyclic) bond motifs is 12. The Hall–Kier alpha value is -3.00. The zero-order valence-corrected chi connectivity index (χ0v) is 52.8. The Balaban J connectivity index is 1.40. The minimum absolute atomic E-state index is 0.387. The van der Waals surface area contributed by atoms with Crippen LogP contribution in [0.3, 0.4) is 0 Å². The fourth-order valence-corrected chi connectivity index (χ4v) is 14.5. The van der Waals surface area contributed by atoms with Crippen molar-refractivity contribution in [3.8, 4) is 34.9 Å². The second-order valence-electron chi connectivity index (χ2n) is 17.0. The van der Waals surface area contributed by atoms with Gasteiger partial charge in [0.2, 0.25) is 0 Å². The number of halogens is 8. The molecule has 6 nitrogen and oxygen atoms in total. The lowest BCUT2D eigenvalue weighted by molar-refractivity contribution is 1.02. The molecule has 0 fully saturated rings. The fourth-order valence-electron chi connectivity index (χ4n) is 10.6. The first-order chi connectivity index (χ1) is 33.9. The number of hydrogen-bond donors (Lipinski definition) is 0. The standard InChI is InChI=1S/C56H24I8N6/c57-27-1-9-45-35(17-27)36-18-28(58)2-10-46(36)67(45)53-43(25-65)54(68-47-11-3-29(59)19-37(47)38-20-30(60)4-12-48(38)68)56(70-51-15-7-33(63)23-41(51)42-24-34(64)8-16-52(42)70)55(44(53)26-66)69-49-13-5-31(61)21-39(49)40-22-32(62)6-14-50(40)69/h1-24H. The van der Waals surface area contributed by atoms with Gasteiger partial charge in [0.1, 0.15) is 23.3 Å². The average Bonchev–Trinajstić information content (AvgIpc) is 4.03. The van der Waals surface area contributed by atoms with Gasteiger partial charge in [-0.3, -0.25) is 0 Å². The monoisotopic (exact) mass is 1800 g/mol. The second-order valence-corrected chi connectivity index (χ2v) is 27.0. The molecule has 9 aromatic carbocycles. The van der Waals surface area contributed by atoms with Crippen molar-refractivity contribution >= 4 is 268 Å². The van der Waals surface area contributed by atoms with Crippen molar-refractivity contribution in [1.29, 1.82) is 10.5 Å². The van der Waals surface area contributed by atoms with Gasteiger partial charge in [0.05, 0.1) is 66.9 Å². The molecule has 0 aliphatic rings. The highest BCUT2D eigenvalue weighted by atomic mass is 127. The van der Waals surface area contributed by atoms with Gasteiger partial charge in [0.25, 0.3) is 0 Å². The number of hydrogen-bond acceptors (Lipinski definition) is 2. The topological polar surface area (TPSA) is 67.3 Å². The number of benzene rings is 9. The maximum absolute atomic E-state index is 12.4. The zero-order chi connectivity index (χ0) is 48.0. The predicted octanol–water partition coefficient (Wildman–Crippen LogP) is 18.7. The quantitative estimate of drug-likeness (QED) is 0.165. The van der Waals surface area contributed by atoms with Crippen LogP contribution in [0.5, 0.6) is 0 Å². The molecule has 13 rings (SSSR count). The smallest absolute Gasteiger partial charge is 0.104 e. The molecule has 14 heteroatoms. The maximum atomic E-state index is 12.4. The van der Waals surface area contributed by atoms with Gasteiger partial charge in [-0.15, -0.1) is 0 Å². The van der Waals surface area contributed by atoms with Crippen molar-refractivity contribution in [3.63, 3.8) is 0 Å². The third kappa shape index (κ3) is 7.15. The van der Waals surface area contributed by atoms with Crippen LogP contribution in [-0.4, -0.2) is 18.3 Å². The van der Waals surface area contributed by atoms with E-state index in [-0.39, 0.29) is 0 Å². The molecule has 0 amide bonds. The van der Waals surface area contributed by atoms with Crippen molar-refractivity contribution in [3.05, 3.63) is 185 Å². The van der Waals surface area contributed by atoms with Gasteiger partial charge in [-0.2, -0.15) is 10.5 Å².